The van der Waals surface area contributed by atoms with Crippen LogP contribution in [0.1, 0.15) is 44.1 Å². The van der Waals surface area contributed by atoms with E-state index in [1.807, 2.05) is 0 Å². The number of nitrogens with one attached hydrogen (secondary N) is 2. The Morgan fingerprint density at radius 3 is 2.36 bits per heavy atom. The van der Waals surface area contributed by atoms with E-state index in [0.717, 1.165) is 37.7 Å². The van der Waals surface area contributed by atoms with Crippen molar-refractivity contribution in [3.05, 3.63) is 59.9 Å². The average molecular weight is 405 g/mol. The van der Waals surface area contributed by atoms with Crippen molar-refractivity contribution in [2.24, 2.45) is 0 Å². The molecule has 1 saturated carbocycles. The first-order valence-corrected chi connectivity index (χ1v) is 11.1. The molecule has 3 rings (SSSR count). The van der Waals surface area contributed by atoms with Gasteiger partial charge in [0.2, 0.25) is 15.9 Å². The summed E-state index contributed by atoms with van der Waals surface area (Å²) in [4.78, 5) is 12.2. The molecule has 1 fully saturated rings. The number of halogens is 1. The molecular formula is C21H25FN2O3S. The summed E-state index contributed by atoms with van der Waals surface area (Å²) in [5, 5.41) is 2.54. The lowest BCUT2D eigenvalue weighted by Crippen LogP contribution is -2.36. The molecule has 0 aromatic heterocycles. The molecule has 0 bridgehead atoms. The number of sulfonamides is 1. The lowest BCUT2D eigenvalue weighted by molar-refractivity contribution is -0.116. The van der Waals surface area contributed by atoms with Crippen LogP contribution in [0.25, 0.3) is 0 Å². The van der Waals surface area contributed by atoms with Gasteiger partial charge in [-0.15, -0.1) is 0 Å². The molecule has 2 aromatic rings. The third-order valence-corrected chi connectivity index (χ3v) is 6.49. The maximum atomic E-state index is 13.6. The number of amides is 1. The molecule has 2 N–H and O–H groups in total. The summed E-state index contributed by atoms with van der Waals surface area (Å²) in [6.45, 7) is 0. The van der Waals surface area contributed by atoms with Crippen LogP contribution >= 0.6 is 0 Å². The van der Waals surface area contributed by atoms with Crippen molar-refractivity contribution in [2.45, 2.75) is 55.9 Å². The first-order valence-electron chi connectivity index (χ1n) is 9.60. The summed E-state index contributed by atoms with van der Waals surface area (Å²) in [5.41, 5.74) is 1.00. The summed E-state index contributed by atoms with van der Waals surface area (Å²) in [6, 6.07) is 12.6. The second-order valence-corrected chi connectivity index (χ2v) is 8.84. The minimum Gasteiger partial charge on any atom is -0.324 e. The van der Waals surface area contributed by atoms with E-state index in [4.69, 9.17) is 0 Å². The van der Waals surface area contributed by atoms with Crippen LogP contribution in [0.15, 0.2) is 53.4 Å². The van der Waals surface area contributed by atoms with E-state index >= 15 is 0 Å². The van der Waals surface area contributed by atoms with Crippen LogP contribution in [0.4, 0.5) is 10.1 Å². The Bertz CT molecular complexity index is 908. The molecule has 1 aliphatic rings. The highest BCUT2D eigenvalue weighted by Crippen LogP contribution is 2.20. The molecule has 0 saturated heterocycles. The fraction of sp³-hybridized carbons (Fsp3) is 0.381. The lowest BCUT2D eigenvalue weighted by atomic mass is 9.96. The van der Waals surface area contributed by atoms with Crippen molar-refractivity contribution in [3.63, 3.8) is 0 Å². The maximum absolute atomic E-state index is 13.6. The molecule has 0 spiro atoms. The molecule has 7 heteroatoms. The molecule has 0 unspecified atom stereocenters. The Hall–Kier alpha value is -2.25. The quantitative estimate of drug-likeness (QED) is 0.732. The Labute approximate surface area is 165 Å². The Kier molecular flexibility index (Phi) is 6.80. The first kappa shape index (κ1) is 20.5. The number of benzene rings is 2. The van der Waals surface area contributed by atoms with Gasteiger partial charge in [-0.3, -0.25) is 4.79 Å². The Balaban J connectivity index is 1.53. The third kappa shape index (κ3) is 5.62. The molecule has 1 aliphatic carbocycles. The summed E-state index contributed by atoms with van der Waals surface area (Å²) in [5.74, 6) is -0.767. The number of aryl methyl sites for hydroxylation is 1. The number of para-hydroxylation sites is 1. The van der Waals surface area contributed by atoms with Crippen LogP contribution < -0.4 is 10.0 Å². The van der Waals surface area contributed by atoms with E-state index in [9.17, 15) is 17.6 Å². The zero-order valence-corrected chi connectivity index (χ0v) is 16.5. The maximum Gasteiger partial charge on any atom is 0.240 e. The van der Waals surface area contributed by atoms with Crippen LogP contribution in [0.2, 0.25) is 0 Å². The van der Waals surface area contributed by atoms with Crippen molar-refractivity contribution >= 4 is 21.6 Å². The molecule has 0 radical (unpaired) electrons. The highest BCUT2D eigenvalue weighted by Gasteiger charge is 2.21. The predicted molar refractivity (Wildman–Crippen MR) is 107 cm³/mol. The second kappa shape index (κ2) is 9.30. The van der Waals surface area contributed by atoms with Crippen LogP contribution in [0.3, 0.4) is 0 Å². The summed E-state index contributed by atoms with van der Waals surface area (Å²) in [6.07, 6.45) is 5.67. The number of carbonyl (C=O) groups is 1. The number of hydrogen-bond acceptors (Lipinski definition) is 3. The summed E-state index contributed by atoms with van der Waals surface area (Å²) >= 11 is 0. The average Bonchev–Trinajstić information content (AvgIpc) is 2.69. The van der Waals surface area contributed by atoms with Gasteiger partial charge in [-0.25, -0.2) is 17.5 Å². The van der Waals surface area contributed by atoms with Crippen molar-refractivity contribution < 1.29 is 17.6 Å². The Morgan fingerprint density at radius 2 is 1.68 bits per heavy atom. The smallest absolute Gasteiger partial charge is 0.240 e. The van der Waals surface area contributed by atoms with Gasteiger partial charge < -0.3 is 5.32 Å². The minimum atomic E-state index is -3.52. The van der Waals surface area contributed by atoms with Gasteiger partial charge in [0.15, 0.2) is 0 Å². The number of anilines is 1. The zero-order chi connectivity index (χ0) is 20.0. The largest absolute Gasteiger partial charge is 0.324 e. The zero-order valence-electron chi connectivity index (χ0n) is 15.7. The normalized spacial score (nSPS) is 15.3. The van der Waals surface area contributed by atoms with E-state index in [1.54, 1.807) is 36.4 Å². The highest BCUT2D eigenvalue weighted by atomic mass is 32.2. The number of carbonyl (C=O) groups excluding carboxylic acids is 1. The Morgan fingerprint density at radius 1 is 1.00 bits per heavy atom. The summed E-state index contributed by atoms with van der Waals surface area (Å²) < 4.78 is 41.4. The van der Waals surface area contributed by atoms with E-state index in [0.29, 0.717) is 6.42 Å². The lowest BCUT2D eigenvalue weighted by Gasteiger charge is -2.22. The molecule has 2 aromatic carbocycles. The van der Waals surface area contributed by atoms with Gasteiger partial charge in [0.25, 0.3) is 0 Å². The van der Waals surface area contributed by atoms with E-state index in [-0.39, 0.29) is 29.0 Å². The van der Waals surface area contributed by atoms with Gasteiger partial charge in [0, 0.05) is 12.5 Å². The molecule has 0 aliphatic heterocycles. The minimum absolute atomic E-state index is 0.0144. The summed E-state index contributed by atoms with van der Waals surface area (Å²) in [7, 11) is -3.52. The number of hydrogen-bond donors (Lipinski definition) is 2. The number of rotatable bonds is 7. The molecule has 1 amide bonds. The van der Waals surface area contributed by atoms with Crippen LogP contribution in [-0.4, -0.2) is 20.4 Å². The third-order valence-electron chi connectivity index (χ3n) is 4.95. The van der Waals surface area contributed by atoms with Gasteiger partial charge >= 0.3 is 0 Å². The fourth-order valence-electron chi connectivity index (χ4n) is 3.38. The van der Waals surface area contributed by atoms with Gasteiger partial charge in [-0.1, -0.05) is 43.5 Å². The van der Waals surface area contributed by atoms with Crippen molar-refractivity contribution in [1.29, 1.82) is 0 Å². The van der Waals surface area contributed by atoms with E-state index < -0.39 is 15.8 Å². The highest BCUT2D eigenvalue weighted by molar-refractivity contribution is 7.89. The second-order valence-electron chi connectivity index (χ2n) is 7.13. The SMILES string of the molecule is O=C(CCc1ccc(S(=O)(=O)NC2CCCCC2)cc1)Nc1ccccc1F. The van der Waals surface area contributed by atoms with Crippen LogP contribution in [0, 0.1) is 5.82 Å². The topological polar surface area (TPSA) is 75.3 Å². The van der Waals surface area contributed by atoms with Gasteiger partial charge in [0.1, 0.15) is 5.82 Å². The predicted octanol–water partition coefficient (Wildman–Crippen LogP) is 4.01. The van der Waals surface area contributed by atoms with E-state index in [1.165, 1.54) is 12.1 Å². The van der Waals surface area contributed by atoms with Gasteiger partial charge in [0.05, 0.1) is 10.6 Å². The fourth-order valence-corrected chi connectivity index (χ4v) is 4.68. The molecule has 28 heavy (non-hydrogen) atoms. The molecule has 150 valence electrons. The monoisotopic (exact) mass is 404 g/mol. The molecular weight excluding hydrogens is 379 g/mol. The van der Waals surface area contributed by atoms with Crippen molar-refractivity contribution in [3.8, 4) is 0 Å². The van der Waals surface area contributed by atoms with Crippen molar-refractivity contribution in [2.75, 3.05) is 5.32 Å². The molecule has 5 nitrogen and oxygen atoms in total. The van der Waals surface area contributed by atoms with E-state index in [2.05, 4.69) is 10.0 Å². The molecule has 0 atom stereocenters. The first-order chi connectivity index (χ1) is 13.4. The molecule has 0 heterocycles. The van der Waals surface area contributed by atoms with Crippen molar-refractivity contribution in [1.82, 2.24) is 4.72 Å². The van der Waals surface area contributed by atoms with Crippen LogP contribution in [0.5, 0.6) is 0 Å². The van der Waals surface area contributed by atoms with Gasteiger partial charge in [-0.2, -0.15) is 0 Å². The standard InChI is InChI=1S/C21H25FN2O3S/c22-19-8-4-5-9-20(19)23-21(25)15-12-16-10-13-18(14-11-16)28(26,27)24-17-6-2-1-3-7-17/h4-5,8-11,13-14,17,24H,1-3,6-7,12,15H2,(H,23,25). The van der Waals surface area contributed by atoms with Crippen LogP contribution in [-0.2, 0) is 21.2 Å². The van der Waals surface area contributed by atoms with Gasteiger partial charge in [-0.05, 0) is 49.1 Å².